The van der Waals surface area contributed by atoms with Crippen LogP contribution < -0.4 is 0 Å². The Labute approximate surface area is 121 Å². The van der Waals surface area contributed by atoms with Gasteiger partial charge in [0.1, 0.15) is 0 Å². The van der Waals surface area contributed by atoms with Gasteiger partial charge in [0.25, 0.3) is 0 Å². The third-order valence-electron chi connectivity index (χ3n) is 3.99. The van der Waals surface area contributed by atoms with Crippen LogP contribution in [-0.4, -0.2) is 25.8 Å². The van der Waals surface area contributed by atoms with Crippen molar-refractivity contribution in [1.29, 1.82) is 0 Å². The molecule has 0 aromatic heterocycles. The topological polar surface area (TPSA) is 35.5 Å². The molecule has 0 radical (unpaired) electrons. The lowest BCUT2D eigenvalue weighted by Crippen LogP contribution is -2.26. The van der Waals surface area contributed by atoms with Crippen LogP contribution in [0.15, 0.2) is 35.5 Å². The van der Waals surface area contributed by atoms with Gasteiger partial charge in [-0.15, -0.1) is 0 Å². The first-order chi connectivity index (χ1) is 9.74. The Hall–Kier alpha value is -1.35. The molecule has 1 fully saturated rings. The summed E-state index contributed by atoms with van der Waals surface area (Å²) >= 11 is 0. The van der Waals surface area contributed by atoms with Gasteiger partial charge in [-0.05, 0) is 50.2 Å². The van der Waals surface area contributed by atoms with Gasteiger partial charge >= 0.3 is 5.97 Å². The Bertz CT molecular complexity index is 426. The smallest absolute Gasteiger partial charge is 0.312 e. The molecule has 0 spiro atoms. The first-order valence-corrected chi connectivity index (χ1v) is 7.50. The van der Waals surface area contributed by atoms with E-state index in [0.717, 1.165) is 37.9 Å². The quantitative estimate of drug-likeness (QED) is 0.739. The van der Waals surface area contributed by atoms with Crippen molar-refractivity contribution in [3.05, 3.63) is 35.5 Å². The average molecular weight is 276 g/mol. The third-order valence-corrected chi connectivity index (χ3v) is 3.99. The predicted molar refractivity (Wildman–Crippen MR) is 79.3 cm³/mol. The molecule has 0 aromatic carbocycles. The first-order valence-electron chi connectivity index (χ1n) is 7.50. The molecule has 20 heavy (non-hydrogen) atoms. The molecule has 3 nitrogen and oxygen atoms in total. The summed E-state index contributed by atoms with van der Waals surface area (Å²) in [5, 5.41) is 0. The van der Waals surface area contributed by atoms with E-state index in [2.05, 4.69) is 12.2 Å². The van der Waals surface area contributed by atoms with Crippen LogP contribution in [0.1, 0.15) is 39.0 Å². The van der Waals surface area contributed by atoms with Crippen LogP contribution in [0.2, 0.25) is 0 Å². The van der Waals surface area contributed by atoms with Crippen molar-refractivity contribution in [2.45, 2.75) is 45.1 Å². The van der Waals surface area contributed by atoms with Gasteiger partial charge in [0, 0.05) is 6.61 Å². The predicted octanol–water partition coefficient (Wildman–Crippen LogP) is 3.57. The van der Waals surface area contributed by atoms with Crippen LogP contribution >= 0.6 is 0 Å². The summed E-state index contributed by atoms with van der Waals surface area (Å²) in [7, 11) is 1.44. The van der Waals surface area contributed by atoms with E-state index in [1.165, 1.54) is 19.1 Å². The Morgan fingerprint density at radius 2 is 2.25 bits per heavy atom. The molecular weight excluding hydrogens is 252 g/mol. The minimum Gasteiger partial charge on any atom is -0.469 e. The second-order valence-electron chi connectivity index (χ2n) is 5.39. The summed E-state index contributed by atoms with van der Waals surface area (Å²) in [5.74, 6) is -0.438. The normalized spacial score (nSPS) is 31.8. The summed E-state index contributed by atoms with van der Waals surface area (Å²) < 4.78 is 10.8. The number of allylic oxidation sites excluding steroid dienone is 4. The monoisotopic (exact) mass is 276 g/mol. The maximum atomic E-state index is 11.9. The van der Waals surface area contributed by atoms with E-state index in [4.69, 9.17) is 9.47 Å². The van der Waals surface area contributed by atoms with Crippen molar-refractivity contribution in [1.82, 2.24) is 0 Å². The number of carbonyl (C=O) groups excluding carboxylic acids is 1. The molecule has 0 N–H and O–H groups in total. The number of rotatable bonds is 3. The van der Waals surface area contributed by atoms with E-state index in [1.807, 2.05) is 19.1 Å². The van der Waals surface area contributed by atoms with Gasteiger partial charge < -0.3 is 9.47 Å². The Morgan fingerprint density at radius 1 is 1.40 bits per heavy atom. The molecule has 1 heterocycles. The first kappa shape index (κ1) is 15.0. The lowest BCUT2D eigenvalue weighted by atomic mass is 9.86. The Morgan fingerprint density at radius 3 is 2.95 bits per heavy atom. The van der Waals surface area contributed by atoms with E-state index in [-0.39, 0.29) is 18.0 Å². The van der Waals surface area contributed by atoms with Crippen molar-refractivity contribution >= 4 is 5.97 Å². The lowest BCUT2D eigenvalue weighted by molar-refractivity contribution is -0.143. The highest BCUT2D eigenvalue weighted by molar-refractivity contribution is 5.77. The standard InChI is InChI=1S/C17H24O3/c1-13(17(18)19-2)14-9-5-3-4-6-10-15(14)16-11-7-8-12-20-16/h3,5,9-10,13,16H,4,6-8,11-12H2,1-2H3/b5-3-,14-9-,15-10+. The molecule has 1 aliphatic carbocycles. The van der Waals surface area contributed by atoms with Gasteiger partial charge in [0.15, 0.2) is 0 Å². The molecule has 0 aromatic rings. The Kier molecular flexibility index (Phi) is 5.60. The second kappa shape index (κ2) is 7.44. The van der Waals surface area contributed by atoms with Gasteiger partial charge in [-0.1, -0.05) is 24.3 Å². The summed E-state index contributed by atoms with van der Waals surface area (Å²) in [6, 6.07) is 0. The molecule has 2 aliphatic rings. The fraction of sp³-hybridized carbons (Fsp3) is 0.588. The molecular formula is C17H24O3. The maximum absolute atomic E-state index is 11.9. The summed E-state index contributed by atoms with van der Waals surface area (Å²) in [4.78, 5) is 11.9. The van der Waals surface area contributed by atoms with Gasteiger partial charge in [0.05, 0.1) is 19.1 Å². The fourth-order valence-corrected chi connectivity index (χ4v) is 2.82. The van der Waals surface area contributed by atoms with Crippen LogP contribution in [0.5, 0.6) is 0 Å². The lowest BCUT2D eigenvalue weighted by Gasteiger charge is -2.29. The van der Waals surface area contributed by atoms with Gasteiger partial charge in [-0.25, -0.2) is 0 Å². The molecule has 110 valence electrons. The average Bonchev–Trinajstić information content (AvgIpc) is 2.46. The molecule has 2 unspecified atom stereocenters. The zero-order valence-electron chi connectivity index (χ0n) is 12.4. The van der Waals surface area contributed by atoms with Crippen molar-refractivity contribution < 1.29 is 14.3 Å². The molecule has 2 rings (SSSR count). The SMILES string of the molecule is COC(=O)C(C)C1=C/C=C\CC/C=C\1C1CCCCO1. The van der Waals surface area contributed by atoms with Gasteiger partial charge in [-0.3, -0.25) is 4.79 Å². The minimum absolute atomic E-state index is 0.133. The number of hydrogen-bond acceptors (Lipinski definition) is 3. The van der Waals surface area contributed by atoms with E-state index in [0.29, 0.717) is 0 Å². The zero-order valence-corrected chi connectivity index (χ0v) is 12.4. The fourth-order valence-electron chi connectivity index (χ4n) is 2.82. The third kappa shape index (κ3) is 3.60. The zero-order chi connectivity index (χ0) is 14.4. The Balaban J connectivity index is 2.27. The van der Waals surface area contributed by atoms with Crippen LogP contribution in [0, 0.1) is 5.92 Å². The second-order valence-corrected chi connectivity index (χ2v) is 5.39. The summed E-state index contributed by atoms with van der Waals surface area (Å²) in [6.45, 7) is 2.72. The molecule has 3 heteroatoms. The number of hydrogen-bond donors (Lipinski definition) is 0. The van der Waals surface area contributed by atoms with E-state index < -0.39 is 0 Å². The van der Waals surface area contributed by atoms with Crippen LogP contribution in [0.25, 0.3) is 0 Å². The summed E-state index contributed by atoms with van der Waals surface area (Å²) in [6.07, 6.45) is 14.0. The molecule has 0 bridgehead atoms. The molecule has 0 saturated carbocycles. The number of esters is 1. The van der Waals surface area contributed by atoms with E-state index in [1.54, 1.807) is 0 Å². The number of methoxy groups -OCH3 is 1. The van der Waals surface area contributed by atoms with Crippen LogP contribution in [0.4, 0.5) is 0 Å². The molecule has 1 saturated heterocycles. The number of ether oxygens (including phenoxy) is 2. The van der Waals surface area contributed by atoms with Crippen LogP contribution in [0.3, 0.4) is 0 Å². The number of carbonyl (C=O) groups is 1. The van der Waals surface area contributed by atoms with Gasteiger partial charge in [0.2, 0.25) is 0 Å². The maximum Gasteiger partial charge on any atom is 0.312 e. The van der Waals surface area contributed by atoms with Gasteiger partial charge in [-0.2, -0.15) is 0 Å². The highest BCUT2D eigenvalue weighted by atomic mass is 16.5. The highest BCUT2D eigenvalue weighted by Crippen LogP contribution is 2.31. The molecule has 2 atom stereocenters. The van der Waals surface area contributed by atoms with E-state index in [9.17, 15) is 4.79 Å². The van der Waals surface area contributed by atoms with Crippen LogP contribution in [-0.2, 0) is 14.3 Å². The van der Waals surface area contributed by atoms with Crippen molar-refractivity contribution in [3.63, 3.8) is 0 Å². The molecule has 0 amide bonds. The largest absolute Gasteiger partial charge is 0.469 e. The minimum atomic E-state index is -0.250. The molecule has 1 aliphatic heterocycles. The van der Waals surface area contributed by atoms with Crippen molar-refractivity contribution in [2.75, 3.05) is 13.7 Å². The van der Waals surface area contributed by atoms with E-state index >= 15 is 0 Å². The summed E-state index contributed by atoms with van der Waals surface area (Å²) in [5.41, 5.74) is 2.23. The van der Waals surface area contributed by atoms with Crippen molar-refractivity contribution in [2.24, 2.45) is 5.92 Å². The van der Waals surface area contributed by atoms with Crippen molar-refractivity contribution in [3.8, 4) is 0 Å². The highest BCUT2D eigenvalue weighted by Gasteiger charge is 2.27.